The van der Waals surface area contributed by atoms with Crippen LogP contribution in [0.4, 0.5) is 0 Å². The van der Waals surface area contributed by atoms with Crippen LogP contribution in [0.2, 0.25) is 5.02 Å². The van der Waals surface area contributed by atoms with Crippen LogP contribution in [0.3, 0.4) is 0 Å². The Morgan fingerprint density at radius 2 is 2.00 bits per heavy atom. The molecule has 0 aliphatic heterocycles. The summed E-state index contributed by atoms with van der Waals surface area (Å²) in [5, 5.41) is 7.42. The van der Waals surface area contributed by atoms with Crippen molar-refractivity contribution >= 4 is 29.3 Å². The number of aryl methyl sites for hydroxylation is 1. The number of amides is 1. The maximum absolute atomic E-state index is 12.5. The van der Waals surface area contributed by atoms with Gasteiger partial charge in [-0.05, 0) is 43.3 Å². The molecule has 3 rings (SSSR count). The van der Waals surface area contributed by atoms with E-state index >= 15 is 0 Å². The number of benzene rings is 2. The van der Waals surface area contributed by atoms with Gasteiger partial charge in [-0.3, -0.25) is 4.79 Å². The van der Waals surface area contributed by atoms with Crippen LogP contribution in [0, 0.1) is 6.92 Å². The molecular weight excluding hydrogens is 384 g/mol. The van der Waals surface area contributed by atoms with E-state index in [0.29, 0.717) is 35.2 Å². The number of nitrogens with zero attached hydrogens (tertiary/aromatic N) is 1. The first-order valence-electron chi connectivity index (χ1n) is 8.42. The Hall–Kier alpha value is -2.44. The fraction of sp³-hybridized carbons (Fsp3) is 0.200. The Bertz CT molecular complexity index is 896. The van der Waals surface area contributed by atoms with Gasteiger partial charge in [-0.1, -0.05) is 28.9 Å². The van der Waals surface area contributed by atoms with Gasteiger partial charge in [-0.25, -0.2) is 0 Å². The van der Waals surface area contributed by atoms with Gasteiger partial charge in [0.2, 0.25) is 0 Å². The van der Waals surface area contributed by atoms with Crippen LogP contribution < -0.4 is 10.1 Å². The minimum absolute atomic E-state index is 0.133. The number of aromatic nitrogens is 1. The predicted octanol–water partition coefficient (Wildman–Crippen LogP) is 4.74. The van der Waals surface area contributed by atoms with Crippen LogP contribution in [0.15, 0.2) is 64.0 Å². The molecule has 3 aromatic rings. The molecule has 5 nitrogen and oxygen atoms in total. The lowest BCUT2D eigenvalue weighted by Gasteiger charge is -2.10. The fourth-order valence-corrected chi connectivity index (χ4v) is 3.42. The summed E-state index contributed by atoms with van der Waals surface area (Å²) < 4.78 is 10.8. The second-order valence-electron chi connectivity index (χ2n) is 5.78. The van der Waals surface area contributed by atoms with Crippen molar-refractivity contribution in [1.82, 2.24) is 10.5 Å². The molecule has 1 amide bonds. The molecule has 0 bridgehead atoms. The van der Waals surface area contributed by atoms with Gasteiger partial charge < -0.3 is 14.6 Å². The van der Waals surface area contributed by atoms with Gasteiger partial charge in [0.15, 0.2) is 0 Å². The predicted molar refractivity (Wildman–Crippen MR) is 107 cm³/mol. The molecule has 2 aromatic carbocycles. The molecule has 0 saturated carbocycles. The van der Waals surface area contributed by atoms with Crippen molar-refractivity contribution in [3.63, 3.8) is 0 Å². The molecule has 0 unspecified atom stereocenters. The van der Waals surface area contributed by atoms with Crippen molar-refractivity contribution in [3.05, 3.63) is 76.6 Å². The summed E-state index contributed by atoms with van der Waals surface area (Å²) in [6.45, 7) is 2.66. The third-order valence-electron chi connectivity index (χ3n) is 3.65. The lowest BCUT2D eigenvalue weighted by molar-refractivity contribution is 0.0944. The topological polar surface area (TPSA) is 64.4 Å². The normalized spacial score (nSPS) is 10.6. The second kappa shape index (κ2) is 9.48. The van der Waals surface area contributed by atoms with Gasteiger partial charge in [0.1, 0.15) is 18.1 Å². The van der Waals surface area contributed by atoms with E-state index in [9.17, 15) is 4.79 Å². The van der Waals surface area contributed by atoms with Crippen molar-refractivity contribution in [2.75, 3.05) is 13.2 Å². The highest BCUT2D eigenvalue weighted by atomic mass is 35.5. The van der Waals surface area contributed by atoms with Crippen molar-refractivity contribution in [1.29, 1.82) is 0 Å². The standard InChI is InChI=1S/C20H19ClN2O3S/c1-14-12-17(26-23-14)13-27-19-5-3-2-4-18(19)20(24)22-10-11-25-16-8-6-15(21)7-9-16/h2-9,12H,10-11,13H2,1H3,(H,22,24). The molecule has 7 heteroatoms. The Morgan fingerprint density at radius 3 is 2.74 bits per heavy atom. The number of ether oxygens (including phenoxy) is 1. The third kappa shape index (κ3) is 5.77. The van der Waals surface area contributed by atoms with Gasteiger partial charge in [0.25, 0.3) is 5.91 Å². The zero-order valence-corrected chi connectivity index (χ0v) is 16.3. The van der Waals surface area contributed by atoms with Crippen LogP contribution >= 0.6 is 23.4 Å². The minimum atomic E-state index is -0.133. The maximum Gasteiger partial charge on any atom is 0.252 e. The Kier molecular flexibility index (Phi) is 6.79. The summed E-state index contributed by atoms with van der Waals surface area (Å²) in [6, 6.07) is 16.5. The molecule has 0 atom stereocenters. The average Bonchev–Trinajstić information content (AvgIpc) is 3.10. The Balaban J connectivity index is 1.51. The number of thioether (sulfide) groups is 1. The van der Waals surface area contributed by atoms with Crippen LogP contribution in [-0.2, 0) is 5.75 Å². The molecule has 140 valence electrons. The van der Waals surface area contributed by atoms with E-state index < -0.39 is 0 Å². The Morgan fingerprint density at radius 1 is 1.22 bits per heavy atom. The number of hydrogen-bond donors (Lipinski definition) is 1. The van der Waals surface area contributed by atoms with E-state index in [-0.39, 0.29) is 5.91 Å². The first-order chi connectivity index (χ1) is 13.1. The van der Waals surface area contributed by atoms with Crippen molar-refractivity contribution in [2.24, 2.45) is 0 Å². The van der Waals surface area contributed by atoms with E-state index in [2.05, 4.69) is 10.5 Å². The highest BCUT2D eigenvalue weighted by Crippen LogP contribution is 2.26. The first-order valence-corrected chi connectivity index (χ1v) is 9.79. The van der Waals surface area contributed by atoms with Crippen LogP contribution in [0.5, 0.6) is 5.75 Å². The van der Waals surface area contributed by atoms with E-state index in [4.69, 9.17) is 20.9 Å². The van der Waals surface area contributed by atoms with E-state index in [1.807, 2.05) is 37.3 Å². The van der Waals surface area contributed by atoms with Crippen LogP contribution in [-0.4, -0.2) is 24.2 Å². The Labute approximate surface area is 167 Å². The van der Waals surface area contributed by atoms with Crippen LogP contribution in [0.1, 0.15) is 21.8 Å². The van der Waals surface area contributed by atoms with Gasteiger partial charge >= 0.3 is 0 Å². The fourth-order valence-electron chi connectivity index (χ4n) is 2.37. The van der Waals surface area contributed by atoms with Gasteiger partial charge in [0.05, 0.1) is 23.6 Å². The van der Waals surface area contributed by atoms with Crippen molar-refractivity contribution in [2.45, 2.75) is 17.6 Å². The van der Waals surface area contributed by atoms with Gasteiger partial charge in [-0.15, -0.1) is 11.8 Å². The molecule has 0 aliphatic carbocycles. The SMILES string of the molecule is Cc1cc(CSc2ccccc2C(=O)NCCOc2ccc(Cl)cc2)on1. The molecule has 1 aromatic heterocycles. The van der Waals surface area contributed by atoms with E-state index in [1.165, 1.54) is 0 Å². The molecule has 0 radical (unpaired) electrons. The molecule has 0 spiro atoms. The molecule has 1 heterocycles. The number of carbonyl (C=O) groups is 1. The molecular formula is C20H19ClN2O3S. The quantitative estimate of drug-likeness (QED) is 0.435. The number of halogens is 1. The lowest BCUT2D eigenvalue weighted by Crippen LogP contribution is -2.28. The van der Waals surface area contributed by atoms with E-state index in [0.717, 1.165) is 16.3 Å². The highest BCUT2D eigenvalue weighted by Gasteiger charge is 2.12. The minimum Gasteiger partial charge on any atom is -0.492 e. The van der Waals surface area contributed by atoms with Crippen molar-refractivity contribution < 1.29 is 14.1 Å². The number of rotatable bonds is 8. The highest BCUT2D eigenvalue weighted by molar-refractivity contribution is 7.98. The summed E-state index contributed by atoms with van der Waals surface area (Å²) >= 11 is 7.38. The maximum atomic E-state index is 12.5. The summed E-state index contributed by atoms with van der Waals surface area (Å²) in [7, 11) is 0. The summed E-state index contributed by atoms with van der Waals surface area (Å²) in [5.74, 6) is 1.98. The number of hydrogen-bond acceptors (Lipinski definition) is 5. The smallest absolute Gasteiger partial charge is 0.252 e. The zero-order valence-electron chi connectivity index (χ0n) is 14.8. The zero-order chi connectivity index (χ0) is 19.1. The largest absolute Gasteiger partial charge is 0.492 e. The molecule has 0 aliphatic rings. The summed E-state index contributed by atoms with van der Waals surface area (Å²) in [6.07, 6.45) is 0. The first kappa shape index (κ1) is 19.3. The van der Waals surface area contributed by atoms with Gasteiger partial charge in [0, 0.05) is 16.0 Å². The van der Waals surface area contributed by atoms with E-state index in [1.54, 1.807) is 36.0 Å². The summed E-state index contributed by atoms with van der Waals surface area (Å²) in [5.41, 5.74) is 1.47. The molecule has 27 heavy (non-hydrogen) atoms. The molecule has 0 fully saturated rings. The average molecular weight is 403 g/mol. The monoisotopic (exact) mass is 402 g/mol. The molecule has 0 saturated heterocycles. The number of carbonyl (C=O) groups excluding carboxylic acids is 1. The molecule has 1 N–H and O–H groups in total. The van der Waals surface area contributed by atoms with Gasteiger partial charge in [-0.2, -0.15) is 0 Å². The van der Waals surface area contributed by atoms with Crippen LogP contribution in [0.25, 0.3) is 0 Å². The number of nitrogens with one attached hydrogen (secondary N) is 1. The third-order valence-corrected chi connectivity index (χ3v) is 5.00. The second-order valence-corrected chi connectivity index (χ2v) is 7.23. The summed E-state index contributed by atoms with van der Waals surface area (Å²) in [4.78, 5) is 13.4. The lowest BCUT2D eigenvalue weighted by atomic mass is 10.2. The van der Waals surface area contributed by atoms with Crippen molar-refractivity contribution in [3.8, 4) is 5.75 Å².